The van der Waals surface area contributed by atoms with E-state index in [1.165, 1.54) is 17.9 Å². The number of Topliss-reactive ketones (excluding diaryl/α,β-unsaturated/α-hetero) is 1. The Bertz CT molecular complexity index is 626. The molecule has 102 valence electrons. The topological polar surface area (TPSA) is 68.0 Å². The second-order valence-electron chi connectivity index (χ2n) is 3.59. The zero-order valence-electron chi connectivity index (χ0n) is 9.60. The van der Waals surface area contributed by atoms with Crippen molar-refractivity contribution in [1.29, 1.82) is 0 Å². The maximum Gasteiger partial charge on any atom is 0.282 e. The average Bonchev–Trinajstić information content (AvgIpc) is 2.91. The average molecular weight is 308 g/mol. The van der Waals surface area contributed by atoms with Crippen molar-refractivity contribution in [1.82, 2.24) is 14.8 Å². The van der Waals surface area contributed by atoms with Gasteiger partial charge in [0.1, 0.15) is 27.3 Å². The van der Waals surface area contributed by atoms with Crippen LogP contribution in [0.15, 0.2) is 6.20 Å². The number of hydrogen-bond donors (Lipinski definition) is 1. The molecule has 1 N–H and O–H groups in total. The molecule has 2 aromatic heterocycles. The summed E-state index contributed by atoms with van der Waals surface area (Å²) >= 11 is 6.52. The molecule has 0 spiro atoms. The van der Waals surface area contributed by atoms with Crippen molar-refractivity contribution in [3.05, 3.63) is 21.9 Å². The third kappa shape index (κ3) is 2.51. The van der Waals surface area contributed by atoms with Gasteiger partial charge in [-0.2, -0.15) is 5.10 Å². The van der Waals surface area contributed by atoms with Gasteiger partial charge in [-0.25, -0.2) is 13.8 Å². The number of carbonyl (C=O) groups is 1. The molecule has 0 radical (unpaired) electrons. The van der Waals surface area contributed by atoms with Crippen molar-refractivity contribution < 1.29 is 18.7 Å². The highest BCUT2D eigenvalue weighted by atomic mass is 35.5. The summed E-state index contributed by atoms with van der Waals surface area (Å²) in [4.78, 5) is 15.3. The van der Waals surface area contributed by atoms with Gasteiger partial charge >= 0.3 is 0 Å². The number of alkyl halides is 2. The molecule has 0 fully saturated rings. The van der Waals surface area contributed by atoms with Crippen molar-refractivity contribution in [2.75, 3.05) is 6.61 Å². The molecule has 0 bridgehead atoms. The number of aliphatic hydroxyl groups excluding tert-OH is 1. The van der Waals surface area contributed by atoms with Gasteiger partial charge in [0.05, 0.1) is 11.8 Å². The summed E-state index contributed by atoms with van der Waals surface area (Å²) in [6.07, 6.45) is -1.46. The van der Waals surface area contributed by atoms with E-state index in [2.05, 4.69) is 10.1 Å². The number of aryl methyl sites for hydroxylation is 1. The van der Waals surface area contributed by atoms with Crippen molar-refractivity contribution in [3.63, 3.8) is 0 Å². The SMILES string of the molecule is Cn1ncc(-c2nc(C(F)F)c(Cl)s2)c1C(=O)CO. The summed E-state index contributed by atoms with van der Waals surface area (Å²) in [5, 5.41) is 12.9. The molecule has 2 heterocycles. The fourth-order valence-corrected chi connectivity index (χ4v) is 2.72. The number of thiazole rings is 1. The van der Waals surface area contributed by atoms with Crippen LogP contribution in [0.1, 0.15) is 22.6 Å². The third-order valence-electron chi connectivity index (χ3n) is 2.39. The van der Waals surface area contributed by atoms with E-state index >= 15 is 0 Å². The lowest BCUT2D eigenvalue weighted by Crippen LogP contribution is -2.11. The van der Waals surface area contributed by atoms with Crippen LogP contribution in [0.25, 0.3) is 10.6 Å². The van der Waals surface area contributed by atoms with E-state index in [1.54, 1.807) is 0 Å². The van der Waals surface area contributed by atoms with E-state index in [0.717, 1.165) is 11.3 Å². The molecule has 0 saturated heterocycles. The zero-order chi connectivity index (χ0) is 14.2. The minimum absolute atomic E-state index is 0.105. The lowest BCUT2D eigenvalue weighted by Gasteiger charge is -2.00. The van der Waals surface area contributed by atoms with Crippen molar-refractivity contribution in [2.45, 2.75) is 6.43 Å². The molecule has 0 aliphatic rings. The summed E-state index contributed by atoms with van der Waals surface area (Å²) in [5.74, 6) is -0.570. The summed E-state index contributed by atoms with van der Waals surface area (Å²) in [6, 6.07) is 0. The van der Waals surface area contributed by atoms with Crippen LogP contribution in [0.4, 0.5) is 8.78 Å². The maximum atomic E-state index is 12.6. The first-order chi connectivity index (χ1) is 8.95. The van der Waals surface area contributed by atoms with Gasteiger partial charge in [-0.15, -0.1) is 11.3 Å². The van der Waals surface area contributed by atoms with Crippen molar-refractivity contribution >= 4 is 28.7 Å². The number of aliphatic hydroxyl groups is 1. The van der Waals surface area contributed by atoms with E-state index in [0.29, 0.717) is 0 Å². The molecule has 0 aliphatic carbocycles. The second kappa shape index (κ2) is 5.32. The number of ketones is 1. The highest BCUT2D eigenvalue weighted by Gasteiger charge is 2.24. The van der Waals surface area contributed by atoms with Gasteiger partial charge in [-0.3, -0.25) is 9.48 Å². The van der Waals surface area contributed by atoms with Gasteiger partial charge in [-0.1, -0.05) is 11.6 Å². The van der Waals surface area contributed by atoms with E-state index in [4.69, 9.17) is 16.7 Å². The Hall–Kier alpha value is -1.38. The summed E-state index contributed by atoms with van der Waals surface area (Å²) in [7, 11) is 1.51. The van der Waals surface area contributed by atoms with Gasteiger partial charge in [0.25, 0.3) is 6.43 Å². The van der Waals surface area contributed by atoms with E-state index < -0.39 is 24.5 Å². The lowest BCUT2D eigenvalue weighted by atomic mass is 10.2. The van der Waals surface area contributed by atoms with Gasteiger partial charge < -0.3 is 5.11 Å². The molecule has 19 heavy (non-hydrogen) atoms. The summed E-state index contributed by atoms with van der Waals surface area (Å²) in [5.41, 5.74) is -0.137. The van der Waals surface area contributed by atoms with Gasteiger partial charge in [0, 0.05) is 7.05 Å². The van der Waals surface area contributed by atoms with Gasteiger partial charge in [-0.05, 0) is 0 Å². The first-order valence-electron chi connectivity index (χ1n) is 5.06. The second-order valence-corrected chi connectivity index (χ2v) is 5.19. The molecule has 2 aromatic rings. The summed E-state index contributed by atoms with van der Waals surface area (Å²) in [6.45, 7) is -0.701. The number of carbonyl (C=O) groups excluding carboxylic acids is 1. The van der Waals surface area contributed by atoms with E-state index in [-0.39, 0.29) is 20.6 Å². The molecule has 0 saturated carbocycles. The predicted molar refractivity (Wildman–Crippen MR) is 65.7 cm³/mol. The maximum absolute atomic E-state index is 12.6. The molecule has 0 atom stereocenters. The molecular formula is C10H8ClF2N3O2S. The minimum atomic E-state index is -2.79. The Labute approximate surface area is 115 Å². The number of rotatable bonds is 4. The van der Waals surface area contributed by atoms with Gasteiger partial charge in [0.2, 0.25) is 5.78 Å². The van der Waals surface area contributed by atoms with Crippen molar-refractivity contribution in [2.24, 2.45) is 7.05 Å². The minimum Gasteiger partial charge on any atom is -0.388 e. The van der Waals surface area contributed by atoms with Gasteiger partial charge in [0.15, 0.2) is 0 Å². The first kappa shape index (κ1) is 14.0. The molecule has 9 heteroatoms. The number of halogens is 3. The van der Waals surface area contributed by atoms with Crippen LogP contribution in [0.3, 0.4) is 0 Å². The largest absolute Gasteiger partial charge is 0.388 e. The van der Waals surface area contributed by atoms with Crippen LogP contribution >= 0.6 is 22.9 Å². The molecule has 2 rings (SSSR count). The Balaban J connectivity index is 2.54. The highest BCUT2D eigenvalue weighted by Crippen LogP contribution is 2.37. The van der Waals surface area contributed by atoms with E-state index in [1.807, 2.05) is 0 Å². The Morgan fingerprint density at radius 3 is 2.84 bits per heavy atom. The molecule has 0 amide bonds. The standard InChI is InChI=1S/C10H8ClF2N3O2S/c1-16-7(5(18)3-17)4(2-14-16)10-15-6(9(12)13)8(11)19-10/h2,9,17H,3H2,1H3. The number of hydrogen-bond acceptors (Lipinski definition) is 5. The quantitative estimate of drug-likeness (QED) is 0.880. The van der Waals surface area contributed by atoms with Crippen molar-refractivity contribution in [3.8, 4) is 10.6 Å². The fraction of sp³-hybridized carbons (Fsp3) is 0.300. The van der Waals surface area contributed by atoms with E-state index in [9.17, 15) is 13.6 Å². The van der Waals surface area contributed by atoms with Crippen LogP contribution in [0, 0.1) is 0 Å². The Morgan fingerprint density at radius 2 is 2.32 bits per heavy atom. The van der Waals surface area contributed by atoms with Crippen LogP contribution < -0.4 is 0 Å². The molecular weight excluding hydrogens is 300 g/mol. The third-order valence-corrected chi connectivity index (χ3v) is 3.71. The molecule has 0 unspecified atom stereocenters. The van der Waals surface area contributed by atoms with Crippen LogP contribution in [0.2, 0.25) is 4.34 Å². The normalized spacial score (nSPS) is 11.3. The molecule has 5 nitrogen and oxygen atoms in total. The number of aromatic nitrogens is 3. The monoisotopic (exact) mass is 307 g/mol. The Kier molecular flexibility index (Phi) is 3.93. The molecule has 0 aliphatic heterocycles. The molecule has 0 aromatic carbocycles. The fourth-order valence-electron chi connectivity index (χ4n) is 1.56. The first-order valence-corrected chi connectivity index (χ1v) is 6.26. The zero-order valence-corrected chi connectivity index (χ0v) is 11.2. The number of nitrogens with zero attached hydrogens (tertiary/aromatic N) is 3. The summed E-state index contributed by atoms with van der Waals surface area (Å²) < 4.78 is 26.4. The van der Waals surface area contributed by atoms with Crippen LogP contribution in [0.5, 0.6) is 0 Å². The Morgan fingerprint density at radius 1 is 1.63 bits per heavy atom. The van der Waals surface area contributed by atoms with Crippen LogP contribution in [-0.4, -0.2) is 32.3 Å². The van der Waals surface area contributed by atoms with Crippen LogP contribution in [-0.2, 0) is 7.05 Å². The lowest BCUT2D eigenvalue weighted by molar-refractivity contribution is 0.0895. The predicted octanol–water partition coefficient (Wildman–Crippen LogP) is 2.31. The highest BCUT2D eigenvalue weighted by molar-refractivity contribution is 7.19. The smallest absolute Gasteiger partial charge is 0.282 e.